The van der Waals surface area contributed by atoms with E-state index in [1.165, 1.54) is 22.0 Å². The number of carbonyl (C=O) groups excluding carboxylic acids is 1. The largest absolute Gasteiger partial charge is 0.477 e. The number of benzene rings is 1. The maximum atomic E-state index is 12.7. The average Bonchev–Trinajstić information content (AvgIpc) is 3.24. The van der Waals surface area contributed by atoms with Crippen molar-refractivity contribution >= 4 is 21.7 Å². The first-order chi connectivity index (χ1) is 13.0. The van der Waals surface area contributed by atoms with Crippen LogP contribution in [0, 0.1) is 0 Å². The zero-order valence-electron chi connectivity index (χ0n) is 14.7. The lowest BCUT2D eigenvalue weighted by molar-refractivity contribution is 0.224. The predicted molar refractivity (Wildman–Crippen MR) is 97.6 cm³/mol. The van der Waals surface area contributed by atoms with Crippen LogP contribution >= 0.6 is 0 Å². The number of rotatable bonds is 3. The van der Waals surface area contributed by atoms with Crippen LogP contribution in [0.25, 0.3) is 0 Å². The van der Waals surface area contributed by atoms with Crippen molar-refractivity contribution in [3.8, 4) is 5.88 Å². The van der Waals surface area contributed by atoms with Gasteiger partial charge in [0.1, 0.15) is 0 Å². The van der Waals surface area contributed by atoms with E-state index >= 15 is 0 Å². The summed E-state index contributed by atoms with van der Waals surface area (Å²) in [6, 6.07) is 1.48. The minimum atomic E-state index is -4.07. The number of nitrogens with zero attached hydrogens (tertiary/aromatic N) is 2. The molecule has 2 aromatic rings. The summed E-state index contributed by atoms with van der Waals surface area (Å²) in [5, 5.41) is 6.84. The topological polar surface area (TPSA) is 102 Å². The molecule has 0 radical (unpaired) electrons. The van der Waals surface area contributed by atoms with Gasteiger partial charge in [0.2, 0.25) is 5.88 Å². The molecule has 1 aliphatic heterocycles. The van der Waals surface area contributed by atoms with Crippen LogP contribution in [0.4, 0.5) is 10.5 Å². The van der Waals surface area contributed by atoms with Crippen LogP contribution < -0.4 is 14.8 Å². The van der Waals surface area contributed by atoms with E-state index in [1.54, 1.807) is 0 Å². The molecular formula is C18H20N4O4S. The standard InChI is InChI=1S/C18H20N4O4S/c23-18(20-16-13-4-1-3-11(13)9-12-5-6-14(12)16)21-27(24,25)15-10-19-22-7-2-8-26-17(15)22/h9-10H,1-8H2,(H2,20,21,23). The maximum absolute atomic E-state index is 12.7. The van der Waals surface area contributed by atoms with Crippen LogP contribution in [0.15, 0.2) is 17.2 Å². The van der Waals surface area contributed by atoms with Gasteiger partial charge >= 0.3 is 6.03 Å². The number of anilines is 1. The second kappa shape index (κ2) is 5.98. The number of hydrogen-bond acceptors (Lipinski definition) is 5. The molecule has 0 unspecified atom stereocenters. The van der Waals surface area contributed by atoms with Gasteiger partial charge in [0.25, 0.3) is 10.0 Å². The van der Waals surface area contributed by atoms with Gasteiger partial charge in [0.05, 0.1) is 12.8 Å². The number of hydrogen-bond donors (Lipinski definition) is 2. The van der Waals surface area contributed by atoms with Crippen molar-refractivity contribution in [3.63, 3.8) is 0 Å². The van der Waals surface area contributed by atoms with Crippen molar-refractivity contribution < 1.29 is 17.9 Å². The van der Waals surface area contributed by atoms with E-state index < -0.39 is 16.1 Å². The second-order valence-corrected chi connectivity index (χ2v) is 8.83. The molecule has 1 aromatic heterocycles. The van der Waals surface area contributed by atoms with Crippen LogP contribution in [0.3, 0.4) is 0 Å². The van der Waals surface area contributed by atoms with Crippen LogP contribution in [0.2, 0.25) is 0 Å². The Morgan fingerprint density at radius 3 is 2.74 bits per heavy atom. The first-order valence-corrected chi connectivity index (χ1v) is 10.7. The summed E-state index contributed by atoms with van der Waals surface area (Å²) in [4.78, 5) is 12.4. The maximum Gasteiger partial charge on any atom is 0.333 e. The lowest BCUT2D eigenvalue weighted by Crippen LogP contribution is -2.35. The monoisotopic (exact) mass is 388 g/mol. The van der Waals surface area contributed by atoms with Gasteiger partial charge in [0.15, 0.2) is 4.90 Å². The molecule has 1 aromatic carbocycles. The molecule has 0 saturated heterocycles. The highest BCUT2D eigenvalue weighted by atomic mass is 32.2. The summed E-state index contributed by atoms with van der Waals surface area (Å²) in [5.41, 5.74) is 5.60. The van der Waals surface area contributed by atoms with Crippen molar-refractivity contribution in [2.75, 3.05) is 11.9 Å². The van der Waals surface area contributed by atoms with E-state index in [-0.39, 0.29) is 10.8 Å². The minimum absolute atomic E-state index is 0.108. The quantitative estimate of drug-likeness (QED) is 0.834. The minimum Gasteiger partial charge on any atom is -0.477 e. The molecule has 2 aliphatic carbocycles. The molecule has 0 fully saturated rings. The Hall–Kier alpha value is -2.55. The highest BCUT2D eigenvalue weighted by Crippen LogP contribution is 2.39. The van der Waals surface area contributed by atoms with Gasteiger partial charge in [-0.15, -0.1) is 0 Å². The van der Waals surface area contributed by atoms with Crippen LogP contribution in [0.5, 0.6) is 5.88 Å². The van der Waals surface area contributed by atoms with E-state index in [0.717, 1.165) is 55.3 Å². The fourth-order valence-corrected chi connectivity index (χ4v) is 5.13. The van der Waals surface area contributed by atoms with Crippen LogP contribution in [-0.2, 0) is 42.3 Å². The van der Waals surface area contributed by atoms with Gasteiger partial charge in [-0.2, -0.15) is 5.10 Å². The average molecular weight is 388 g/mol. The van der Waals surface area contributed by atoms with E-state index in [2.05, 4.69) is 21.2 Å². The van der Waals surface area contributed by atoms with Crippen LogP contribution in [0.1, 0.15) is 35.1 Å². The fourth-order valence-electron chi connectivity index (χ4n) is 4.14. The molecule has 0 bridgehead atoms. The first-order valence-electron chi connectivity index (χ1n) is 9.22. The Balaban J connectivity index is 1.40. The predicted octanol–water partition coefficient (Wildman–Crippen LogP) is 1.76. The highest BCUT2D eigenvalue weighted by Gasteiger charge is 2.30. The smallest absolute Gasteiger partial charge is 0.333 e. The number of aryl methyl sites for hydroxylation is 3. The number of fused-ring (bicyclic) bond motifs is 3. The van der Waals surface area contributed by atoms with E-state index in [1.807, 2.05) is 0 Å². The number of carbonyl (C=O) groups is 1. The van der Waals surface area contributed by atoms with Crippen molar-refractivity contribution in [1.82, 2.24) is 14.5 Å². The molecule has 2 heterocycles. The summed E-state index contributed by atoms with van der Waals surface area (Å²) < 4.78 is 34.4. The van der Waals surface area contributed by atoms with Crippen molar-refractivity contribution in [2.24, 2.45) is 0 Å². The summed E-state index contributed by atoms with van der Waals surface area (Å²) >= 11 is 0. The lowest BCUT2D eigenvalue weighted by Gasteiger charge is -2.26. The Kier molecular flexibility index (Phi) is 3.68. The fraction of sp³-hybridized carbons (Fsp3) is 0.444. The Labute approximate surface area is 156 Å². The SMILES string of the molecule is O=C(Nc1c2c(cc3c1CC3)CCC2)NS(=O)(=O)c1cnn2c1OCCC2. The number of amides is 2. The molecule has 5 rings (SSSR count). The second-order valence-electron chi connectivity index (χ2n) is 7.18. The lowest BCUT2D eigenvalue weighted by atomic mass is 9.83. The molecule has 0 atom stereocenters. The molecule has 3 aliphatic rings. The molecule has 0 spiro atoms. The van der Waals surface area contributed by atoms with Crippen molar-refractivity contribution in [3.05, 3.63) is 34.5 Å². The zero-order valence-corrected chi connectivity index (χ0v) is 15.6. The van der Waals surface area contributed by atoms with Crippen molar-refractivity contribution in [2.45, 2.75) is 50.0 Å². The Bertz CT molecular complexity index is 1060. The number of ether oxygens (including phenoxy) is 1. The number of sulfonamides is 1. The summed E-state index contributed by atoms with van der Waals surface area (Å²) in [5.74, 6) is 0.186. The van der Waals surface area contributed by atoms with Crippen molar-refractivity contribution in [1.29, 1.82) is 0 Å². The number of nitrogens with one attached hydrogen (secondary N) is 2. The molecule has 8 nitrogen and oxygen atoms in total. The van der Waals surface area contributed by atoms with Gasteiger partial charge in [-0.25, -0.2) is 22.6 Å². The zero-order chi connectivity index (χ0) is 18.6. The molecule has 2 N–H and O–H groups in total. The Morgan fingerprint density at radius 2 is 1.93 bits per heavy atom. The highest BCUT2D eigenvalue weighted by molar-refractivity contribution is 7.90. The van der Waals surface area contributed by atoms with E-state index in [9.17, 15) is 13.2 Å². The number of urea groups is 1. The molecule has 27 heavy (non-hydrogen) atoms. The third-order valence-corrected chi connectivity index (χ3v) is 6.83. The third kappa shape index (κ3) is 2.68. The first kappa shape index (κ1) is 16.6. The normalized spacial score (nSPS) is 17.2. The molecule has 142 valence electrons. The summed E-state index contributed by atoms with van der Waals surface area (Å²) in [7, 11) is -4.07. The van der Waals surface area contributed by atoms with Crippen LogP contribution in [-0.4, -0.2) is 30.8 Å². The van der Waals surface area contributed by atoms with Gasteiger partial charge < -0.3 is 10.1 Å². The van der Waals surface area contributed by atoms with Gasteiger partial charge in [-0.3, -0.25) is 0 Å². The Morgan fingerprint density at radius 1 is 1.11 bits per heavy atom. The summed E-state index contributed by atoms with van der Waals surface area (Å²) in [6.07, 6.45) is 6.90. The van der Waals surface area contributed by atoms with Gasteiger partial charge in [-0.05, 0) is 54.4 Å². The molecule has 0 saturated carbocycles. The third-order valence-electron chi connectivity index (χ3n) is 5.51. The molecular weight excluding hydrogens is 368 g/mol. The number of aromatic nitrogens is 2. The molecule has 9 heteroatoms. The van der Waals surface area contributed by atoms with E-state index in [4.69, 9.17) is 4.74 Å². The molecule has 2 amide bonds. The summed E-state index contributed by atoms with van der Waals surface area (Å²) in [6.45, 7) is 1.03. The van der Waals surface area contributed by atoms with Gasteiger partial charge in [0, 0.05) is 18.7 Å². The van der Waals surface area contributed by atoms with E-state index in [0.29, 0.717) is 13.2 Å². The van der Waals surface area contributed by atoms with Gasteiger partial charge in [-0.1, -0.05) is 6.07 Å².